The van der Waals surface area contributed by atoms with E-state index in [1.54, 1.807) is 36.0 Å². The zero-order valence-electron chi connectivity index (χ0n) is 23.5. The van der Waals surface area contributed by atoms with Gasteiger partial charge in [0.25, 0.3) is 17.4 Å². The van der Waals surface area contributed by atoms with Gasteiger partial charge in [0, 0.05) is 46.2 Å². The van der Waals surface area contributed by atoms with Crippen molar-refractivity contribution in [2.45, 2.75) is 45.8 Å². The molecule has 2 N–H and O–H groups in total. The summed E-state index contributed by atoms with van der Waals surface area (Å²) < 4.78 is 9.60. The smallest absolute Gasteiger partial charge is 0.331 e. The van der Waals surface area contributed by atoms with Crippen LogP contribution in [0.15, 0.2) is 40.1 Å². The first kappa shape index (κ1) is 29.2. The molecule has 1 aromatic carbocycles. The minimum atomic E-state index is -0.819. The van der Waals surface area contributed by atoms with Gasteiger partial charge in [0.1, 0.15) is 23.2 Å². The summed E-state index contributed by atoms with van der Waals surface area (Å²) >= 11 is 0. The number of hydrogen-bond donors (Lipinski definition) is 2. The summed E-state index contributed by atoms with van der Waals surface area (Å²) in [6, 6.07) is 5.55. The molecule has 1 aliphatic rings. The lowest BCUT2D eigenvalue weighted by Crippen LogP contribution is -2.45. The van der Waals surface area contributed by atoms with E-state index in [2.05, 4.69) is 20.9 Å². The summed E-state index contributed by atoms with van der Waals surface area (Å²) in [5.74, 6) is -0.929. The monoisotopic (exact) mass is 566 g/mol. The van der Waals surface area contributed by atoms with Gasteiger partial charge in [0.05, 0.1) is 24.9 Å². The fourth-order valence-corrected chi connectivity index (χ4v) is 4.39. The van der Waals surface area contributed by atoms with Crippen LogP contribution in [0.1, 0.15) is 51.9 Å². The summed E-state index contributed by atoms with van der Waals surface area (Å²) in [7, 11) is 2.76. The molecular formula is C27H34N8O6. The van der Waals surface area contributed by atoms with Gasteiger partial charge in [-0.1, -0.05) is 11.3 Å². The number of benzene rings is 1. The number of aromatic nitrogens is 5. The van der Waals surface area contributed by atoms with Crippen LogP contribution >= 0.6 is 0 Å². The number of rotatable bonds is 1. The van der Waals surface area contributed by atoms with E-state index in [1.165, 1.54) is 19.0 Å². The van der Waals surface area contributed by atoms with Gasteiger partial charge in [-0.2, -0.15) is 0 Å². The number of nitrogens with zero attached hydrogens (tertiary/aromatic N) is 6. The van der Waals surface area contributed by atoms with Crippen LogP contribution in [0.4, 0.5) is 0 Å². The SMILES string of the molecule is Cc1ccc2c(c1)OCCCn1cc(nn1)CN(C(=O)c1cc(=O)n(C)c(=O)n1C)CCCNC(=O)[C@@H](C)NC2=O. The third-order valence-electron chi connectivity index (χ3n) is 6.79. The third-order valence-corrected chi connectivity index (χ3v) is 6.79. The van der Waals surface area contributed by atoms with Gasteiger partial charge in [-0.15, -0.1) is 5.10 Å². The standard InChI is InChI=1S/C27H34N8O6/c1-17-7-8-20-22(13-17)41-12-6-11-35-16-19(30-31-35)15-34(10-5-9-28-24(37)18(2)29-25(20)38)26(39)21-14-23(36)33(4)27(40)32(21)3/h7-8,13-14,16,18H,5-6,9-12,15H2,1-4H3,(H,28,37)(H,29,38)/t18-/m1/s1. The molecule has 0 radical (unpaired) electrons. The highest BCUT2D eigenvalue weighted by molar-refractivity contribution is 5.99. The second-order valence-corrected chi connectivity index (χ2v) is 10.0. The summed E-state index contributed by atoms with van der Waals surface area (Å²) in [5, 5.41) is 13.8. The first-order valence-corrected chi connectivity index (χ1v) is 13.3. The lowest BCUT2D eigenvalue weighted by molar-refractivity contribution is -0.122. The average Bonchev–Trinajstić information content (AvgIpc) is 3.39. The predicted molar refractivity (Wildman–Crippen MR) is 148 cm³/mol. The molecule has 3 amide bonds. The number of carbonyl (C=O) groups is 3. The molecule has 14 nitrogen and oxygen atoms in total. The van der Waals surface area contributed by atoms with Crippen molar-refractivity contribution in [1.82, 2.24) is 39.7 Å². The highest BCUT2D eigenvalue weighted by Crippen LogP contribution is 2.21. The zero-order valence-corrected chi connectivity index (χ0v) is 23.5. The summed E-state index contributed by atoms with van der Waals surface area (Å²) in [6.07, 6.45) is 2.64. The molecule has 3 heterocycles. The van der Waals surface area contributed by atoms with Crippen molar-refractivity contribution < 1.29 is 19.1 Å². The number of ether oxygens (including phenoxy) is 1. The van der Waals surface area contributed by atoms with Crippen LogP contribution in [-0.2, 0) is 32.0 Å². The Hall–Kier alpha value is -4.75. The molecule has 0 saturated carbocycles. The summed E-state index contributed by atoms with van der Waals surface area (Å²) in [6.45, 7) is 4.74. The molecular weight excluding hydrogens is 532 g/mol. The lowest BCUT2D eigenvalue weighted by atomic mass is 10.1. The largest absolute Gasteiger partial charge is 0.493 e. The van der Waals surface area contributed by atoms with Crippen LogP contribution in [0.25, 0.3) is 0 Å². The van der Waals surface area contributed by atoms with Gasteiger partial charge in [-0.25, -0.2) is 4.79 Å². The molecule has 3 aromatic rings. The van der Waals surface area contributed by atoms with E-state index in [4.69, 9.17) is 4.74 Å². The second-order valence-electron chi connectivity index (χ2n) is 10.0. The molecule has 2 bridgehead atoms. The fraction of sp³-hybridized carbons (Fsp3) is 0.444. The zero-order chi connectivity index (χ0) is 29.7. The number of aryl methyl sites for hydroxylation is 2. The Labute approximate surface area is 235 Å². The second kappa shape index (κ2) is 12.6. The molecule has 0 unspecified atom stereocenters. The Morgan fingerprint density at radius 2 is 1.83 bits per heavy atom. The number of carbonyl (C=O) groups excluding carboxylic acids is 3. The molecule has 14 heteroatoms. The first-order valence-electron chi connectivity index (χ1n) is 13.3. The van der Waals surface area contributed by atoms with Gasteiger partial charge in [-0.3, -0.25) is 33.0 Å². The molecule has 4 rings (SSSR count). The average molecular weight is 567 g/mol. The van der Waals surface area contributed by atoms with Gasteiger partial charge in [0.15, 0.2) is 0 Å². The van der Waals surface area contributed by atoms with Crippen molar-refractivity contribution in [2.75, 3.05) is 19.7 Å². The normalized spacial score (nSPS) is 17.3. The maximum absolute atomic E-state index is 13.5. The first-order chi connectivity index (χ1) is 19.5. The summed E-state index contributed by atoms with van der Waals surface area (Å²) in [4.78, 5) is 65.3. The van der Waals surface area contributed by atoms with Crippen molar-refractivity contribution in [3.8, 4) is 5.75 Å². The van der Waals surface area contributed by atoms with E-state index in [0.29, 0.717) is 43.0 Å². The fourth-order valence-electron chi connectivity index (χ4n) is 4.39. The number of hydrogen-bond acceptors (Lipinski definition) is 8. The highest BCUT2D eigenvalue weighted by atomic mass is 16.5. The van der Waals surface area contributed by atoms with Crippen molar-refractivity contribution in [1.29, 1.82) is 0 Å². The van der Waals surface area contributed by atoms with Crippen LogP contribution in [0.2, 0.25) is 0 Å². The minimum absolute atomic E-state index is 0.0591. The highest BCUT2D eigenvalue weighted by Gasteiger charge is 2.23. The number of fused-ring (bicyclic) bond motifs is 3. The molecule has 1 atom stereocenters. The Morgan fingerprint density at radius 1 is 1.05 bits per heavy atom. The van der Waals surface area contributed by atoms with Gasteiger partial charge < -0.3 is 20.3 Å². The molecule has 0 fully saturated rings. The van der Waals surface area contributed by atoms with E-state index >= 15 is 0 Å². The Kier molecular flexibility index (Phi) is 9.00. The molecule has 2 aromatic heterocycles. The molecule has 218 valence electrons. The summed E-state index contributed by atoms with van der Waals surface area (Å²) in [5.41, 5.74) is 0.498. The van der Waals surface area contributed by atoms with E-state index in [1.807, 2.05) is 6.92 Å². The molecule has 0 saturated heterocycles. The van der Waals surface area contributed by atoms with E-state index in [0.717, 1.165) is 20.8 Å². The topological polar surface area (TPSA) is 162 Å². The maximum atomic E-state index is 13.5. The molecule has 0 spiro atoms. The quantitative estimate of drug-likeness (QED) is 0.407. The van der Waals surface area contributed by atoms with Gasteiger partial charge in [0.2, 0.25) is 5.91 Å². The van der Waals surface area contributed by atoms with Crippen LogP contribution in [0.5, 0.6) is 5.75 Å². The number of nitrogens with one attached hydrogen (secondary N) is 2. The van der Waals surface area contributed by atoms with Crippen LogP contribution in [0, 0.1) is 6.92 Å². The van der Waals surface area contributed by atoms with Crippen molar-refractivity contribution in [3.63, 3.8) is 0 Å². The van der Waals surface area contributed by atoms with Crippen LogP contribution in [-0.4, -0.2) is 72.5 Å². The number of amides is 3. The van der Waals surface area contributed by atoms with E-state index < -0.39 is 29.1 Å². The van der Waals surface area contributed by atoms with Crippen LogP contribution in [0.3, 0.4) is 0 Å². The Balaban J connectivity index is 1.58. The Bertz CT molecular complexity index is 1570. The van der Waals surface area contributed by atoms with Crippen LogP contribution < -0.4 is 26.6 Å². The van der Waals surface area contributed by atoms with E-state index in [9.17, 15) is 24.0 Å². The predicted octanol–water partition coefficient (Wildman–Crippen LogP) is -0.266. The Morgan fingerprint density at radius 3 is 2.61 bits per heavy atom. The van der Waals surface area contributed by atoms with Gasteiger partial charge >= 0.3 is 5.69 Å². The minimum Gasteiger partial charge on any atom is -0.493 e. The molecule has 41 heavy (non-hydrogen) atoms. The lowest BCUT2D eigenvalue weighted by Gasteiger charge is -2.23. The molecule has 0 aliphatic carbocycles. The maximum Gasteiger partial charge on any atom is 0.331 e. The van der Waals surface area contributed by atoms with Crippen molar-refractivity contribution in [2.24, 2.45) is 14.1 Å². The third kappa shape index (κ3) is 6.88. The molecule has 1 aliphatic heterocycles. The van der Waals surface area contributed by atoms with E-state index in [-0.39, 0.29) is 31.2 Å². The van der Waals surface area contributed by atoms with Gasteiger partial charge in [-0.05, 0) is 38.0 Å². The van der Waals surface area contributed by atoms with Crippen molar-refractivity contribution in [3.05, 3.63) is 73.8 Å². The van der Waals surface area contributed by atoms with Crippen molar-refractivity contribution >= 4 is 17.7 Å².